The minimum absolute atomic E-state index is 0.363. The molecule has 1 aromatic rings. The van der Waals surface area contributed by atoms with Gasteiger partial charge < -0.3 is 15.2 Å². The fraction of sp³-hybridized carbons (Fsp3) is 0.500. The van der Waals surface area contributed by atoms with Gasteiger partial charge in [-0.15, -0.1) is 0 Å². The molecular weight excluding hydrogens is 190 g/mol. The molecule has 0 bridgehead atoms. The molecule has 0 radical (unpaired) electrons. The summed E-state index contributed by atoms with van der Waals surface area (Å²) in [5.41, 5.74) is 6.69. The summed E-state index contributed by atoms with van der Waals surface area (Å²) in [7, 11) is 1.63. The van der Waals surface area contributed by atoms with Crippen molar-refractivity contribution in [1.29, 1.82) is 0 Å². The molecule has 0 aliphatic carbocycles. The molecule has 0 saturated carbocycles. The van der Waals surface area contributed by atoms with Crippen LogP contribution in [0.5, 0.6) is 11.5 Å². The minimum Gasteiger partial charge on any atom is -0.493 e. The quantitative estimate of drug-likeness (QED) is 0.827. The number of hydrogen-bond acceptors (Lipinski definition) is 3. The van der Waals surface area contributed by atoms with E-state index in [0.29, 0.717) is 6.61 Å². The average molecular weight is 209 g/mol. The molecule has 0 aromatic heterocycles. The van der Waals surface area contributed by atoms with Crippen LogP contribution in [0.15, 0.2) is 18.2 Å². The molecule has 0 spiro atoms. The second kappa shape index (κ2) is 4.53. The maximum atomic E-state index is 6.02. The third-order valence-electron chi connectivity index (χ3n) is 2.21. The van der Waals surface area contributed by atoms with Crippen LogP contribution in [0.2, 0.25) is 0 Å². The van der Waals surface area contributed by atoms with Crippen molar-refractivity contribution in [3.63, 3.8) is 0 Å². The molecular formula is C12H19NO2. The minimum atomic E-state index is -0.363. The van der Waals surface area contributed by atoms with E-state index >= 15 is 0 Å². The first-order valence-corrected chi connectivity index (χ1v) is 5.09. The Morgan fingerprint density at radius 3 is 2.40 bits per heavy atom. The van der Waals surface area contributed by atoms with Crippen LogP contribution in [0.25, 0.3) is 0 Å². The third kappa shape index (κ3) is 2.86. The Hall–Kier alpha value is -1.22. The molecule has 3 nitrogen and oxygen atoms in total. The molecule has 84 valence electrons. The summed E-state index contributed by atoms with van der Waals surface area (Å²) in [6.45, 7) is 6.49. The van der Waals surface area contributed by atoms with E-state index in [-0.39, 0.29) is 5.54 Å². The fourth-order valence-corrected chi connectivity index (χ4v) is 1.35. The van der Waals surface area contributed by atoms with Crippen molar-refractivity contribution in [2.45, 2.75) is 26.3 Å². The van der Waals surface area contributed by atoms with E-state index in [4.69, 9.17) is 15.2 Å². The van der Waals surface area contributed by atoms with Crippen molar-refractivity contribution in [3.8, 4) is 11.5 Å². The van der Waals surface area contributed by atoms with Crippen LogP contribution in [0.1, 0.15) is 26.3 Å². The standard InChI is InChI=1S/C12H19NO2/c1-5-15-11-8-9(12(2,3)13)6-7-10(11)14-4/h6-8H,5,13H2,1-4H3. The largest absolute Gasteiger partial charge is 0.493 e. The molecule has 3 heteroatoms. The molecule has 1 aromatic carbocycles. The molecule has 15 heavy (non-hydrogen) atoms. The number of methoxy groups -OCH3 is 1. The molecule has 0 atom stereocenters. The van der Waals surface area contributed by atoms with Crippen LogP contribution in [0.3, 0.4) is 0 Å². The van der Waals surface area contributed by atoms with Crippen LogP contribution in [-0.2, 0) is 5.54 Å². The van der Waals surface area contributed by atoms with Gasteiger partial charge in [0, 0.05) is 5.54 Å². The van der Waals surface area contributed by atoms with Gasteiger partial charge in [-0.2, -0.15) is 0 Å². The number of hydrogen-bond donors (Lipinski definition) is 1. The molecule has 0 heterocycles. The predicted octanol–water partition coefficient (Wildman–Crippen LogP) is 2.29. The molecule has 1 rings (SSSR count). The van der Waals surface area contributed by atoms with Crippen LogP contribution < -0.4 is 15.2 Å². The topological polar surface area (TPSA) is 44.5 Å². The van der Waals surface area contributed by atoms with E-state index in [0.717, 1.165) is 17.1 Å². The highest BCUT2D eigenvalue weighted by Crippen LogP contribution is 2.31. The Bertz CT molecular complexity index is 329. The summed E-state index contributed by atoms with van der Waals surface area (Å²) in [5, 5.41) is 0. The van der Waals surface area contributed by atoms with E-state index in [9.17, 15) is 0 Å². The van der Waals surface area contributed by atoms with Gasteiger partial charge in [0.15, 0.2) is 11.5 Å². The second-order valence-corrected chi connectivity index (χ2v) is 4.02. The van der Waals surface area contributed by atoms with Crippen molar-refractivity contribution in [2.75, 3.05) is 13.7 Å². The van der Waals surface area contributed by atoms with Gasteiger partial charge in [0.25, 0.3) is 0 Å². The van der Waals surface area contributed by atoms with Gasteiger partial charge in [-0.25, -0.2) is 0 Å². The predicted molar refractivity (Wildman–Crippen MR) is 61.4 cm³/mol. The van der Waals surface area contributed by atoms with Crippen LogP contribution >= 0.6 is 0 Å². The number of nitrogens with two attached hydrogens (primary N) is 1. The van der Waals surface area contributed by atoms with E-state index in [1.807, 2.05) is 39.0 Å². The molecule has 0 aliphatic rings. The van der Waals surface area contributed by atoms with Gasteiger partial charge in [0.1, 0.15) is 0 Å². The van der Waals surface area contributed by atoms with Gasteiger partial charge in [-0.1, -0.05) is 6.07 Å². The summed E-state index contributed by atoms with van der Waals surface area (Å²) in [4.78, 5) is 0. The lowest BCUT2D eigenvalue weighted by molar-refractivity contribution is 0.309. The summed E-state index contributed by atoms with van der Waals surface area (Å²) in [5.74, 6) is 1.49. The lowest BCUT2D eigenvalue weighted by Gasteiger charge is -2.21. The van der Waals surface area contributed by atoms with Crippen LogP contribution in [-0.4, -0.2) is 13.7 Å². The molecule has 0 saturated heterocycles. The van der Waals surface area contributed by atoms with Gasteiger partial charge in [0.2, 0.25) is 0 Å². The first kappa shape index (κ1) is 11.9. The molecule has 0 aliphatic heterocycles. The van der Waals surface area contributed by atoms with Crippen molar-refractivity contribution >= 4 is 0 Å². The molecule has 0 amide bonds. The summed E-state index contributed by atoms with van der Waals surface area (Å²) < 4.78 is 10.7. The smallest absolute Gasteiger partial charge is 0.161 e. The SMILES string of the molecule is CCOc1cc(C(C)(C)N)ccc1OC. The zero-order valence-electron chi connectivity index (χ0n) is 9.83. The molecule has 0 fully saturated rings. The van der Waals surface area contributed by atoms with Crippen molar-refractivity contribution < 1.29 is 9.47 Å². The van der Waals surface area contributed by atoms with Gasteiger partial charge in [-0.05, 0) is 38.5 Å². The van der Waals surface area contributed by atoms with E-state index in [1.54, 1.807) is 7.11 Å². The lowest BCUT2D eigenvalue weighted by atomic mass is 9.95. The Kier molecular flexibility index (Phi) is 3.58. The Labute approximate surface area is 91.2 Å². The maximum Gasteiger partial charge on any atom is 0.161 e. The third-order valence-corrected chi connectivity index (χ3v) is 2.21. The normalized spacial score (nSPS) is 11.3. The van der Waals surface area contributed by atoms with Crippen LogP contribution in [0, 0.1) is 0 Å². The maximum absolute atomic E-state index is 6.02. The van der Waals surface area contributed by atoms with Gasteiger partial charge in [0.05, 0.1) is 13.7 Å². The van der Waals surface area contributed by atoms with Crippen molar-refractivity contribution in [1.82, 2.24) is 0 Å². The Morgan fingerprint density at radius 1 is 1.27 bits per heavy atom. The van der Waals surface area contributed by atoms with E-state index in [2.05, 4.69) is 0 Å². The number of benzene rings is 1. The zero-order valence-corrected chi connectivity index (χ0v) is 9.83. The Morgan fingerprint density at radius 2 is 1.93 bits per heavy atom. The highest BCUT2D eigenvalue weighted by atomic mass is 16.5. The van der Waals surface area contributed by atoms with E-state index in [1.165, 1.54) is 0 Å². The monoisotopic (exact) mass is 209 g/mol. The first-order valence-electron chi connectivity index (χ1n) is 5.09. The van der Waals surface area contributed by atoms with E-state index < -0.39 is 0 Å². The Balaban J connectivity index is 3.10. The molecule has 0 unspecified atom stereocenters. The summed E-state index contributed by atoms with van der Waals surface area (Å²) in [6, 6.07) is 5.78. The molecule has 2 N–H and O–H groups in total. The van der Waals surface area contributed by atoms with Gasteiger partial charge in [-0.3, -0.25) is 0 Å². The first-order chi connectivity index (χ1) is 6.99. The highest BCUT2D eigenvalue weighted by molar-refractivity contribution is 5.44. The second-order valence-electron chi connectivity index (χ2n) is 4.02. The van der Waals surface area contributed by atoms with Gasteiger partial charge >= 0.3 is 0 Å². The fourth-order valence-electron chi connectivity index (χ4n) is 1.35. The zero-order chi connectivity index (χ0) is 11.5. The number of rotatable bonds is 4. The lowest BCUT2D eigenvalue weighted by Crippen LogP contribution is -2.28. The highest BCUT2D eigenvalue weighted by Gasteiger charge is 2.16. The summed E-state index contributed by atoms with van der Waals surface area (Å²) in [6.07, 6.45) is 0. The van der Waals surface area contributed by atoms with Crippen molar-refractivity contribution in [2.24, 2.45) is 5.73 Å². The van der Waals surface area contributed by atoms with Crippen LogP contribution in [0.4, 0.5) is 0 Å². The average Bonchev–Trinajstić information content (AvgIpc) is 2.17. The van der Waals surface area contributed by atoms with Crippen molar-refractivity contribution in [3.05, 3.63) is 23.8 Å². The summed E-state index contributed by atoms with van der Waals surface area (Å²) >= 11 is 0. The number of ether oxygens (including phenoxy) is 2.